The Morgan fingerprint density at radius 1 is 1.11 bits per heavy atom. The molecule has 0 saturated carbocycles. The molecule has 3 rings (SSSR count). The van der Waals surface area contributed by atoms with Crippen LogP contribution in [-0.2, 0) is 14.6 Å². The van der Waals surface area contributed by atoms with Crippen LogP contribution in [0.3, 0.4) is 0 Å². The zero-order valence-electron chi connectivity index (χ0n) is 16.3. The van der Waals surface area contributed by atoms with E-state index in [1.807, 2.05) is 43.2 Å². The largest absolute Gasteiger partial charge is 0.388 e. The molecular weight excluding hydrogens is 376 g/mol. The van der Waals surface area contributed by atoms with E-state index in [1.165, 1.54) is 6.26 Å². The lowest BCUT2D eigenvalue weighted by molar-refractivity contribution is -0.122. The van der Waals surface area contributed by atoms with Crippen molar-refractivity contribution in [2.24, 2.45) is 5.73 Å². The van der Waals surface area contributed by atoms with Crippen LogP contribution in [0.15, 0.2) is 59.0 Å². The number of rotatable bonds is 5. The van der Waals surface area contributed by atoms with Crippen molar-refractivity contribution in [1.82, 2.24) is 5.43 Å². The zero-order valence-corrected chi connectivity index (χ0v) is 17.1. The third kappa shape index (κ3) is 3.36. The minimum Gasteiger partial charge on any atom is -0.388 e. The second-order valence-electron chi connectivity index (χ2n) is 7.00. The van der Waals surface area contributed by atoms with Crippen molar-refractivity contribution in [1.29, 1.82) is 0 Å². The second-order valence-corrected chi connectivity index (χ2v) is 9.02. The lowest BCUT2D eigenvalue weighted by atomic mass is 9.91. The molecule has 7 nitrogen and oxygen atoms in total. The number of nitrogens with zero attached hydrogens (tertiary/aromatic N) is 1. The van der Waals surface area contributed by atoms with Crippen LogP contribution in [0.2, 0.25) is 0 Å². The fourth-order valence-corrected chi connectivity index (χ4v) is 3.81. The fraction of sp³-hybridized carbons (Fsp3) is 0.250. The summed E-state index contributed by atoms with van der Waals surface area (Å²) in [4.78, 5) is 12.4. The highest BCUT2D eigenvalue weighted by molar-refractivity contribution is 7.90. The molecule has 1 atom stereocenters. The van der Waals surface area contributed by atoms with Gasteiger partial charge in [0.25, 0.3) is 0 Å². The predicted molar refractivity (Wildman–Crippen MR) is 111 cm³/mol. The molecule has 28 heavy (non-hydrogen) atoms. The van der Waals surface area contributed by atoms with Crippen molar-refractivity contribution in [3.8, 4) is 0 Å². The van der Waals surface area contributed by atoms with Crippen LogP contribution in [0.4, 0.5) is 11.4 Å². The smallest absolute Gasteiger partial charge is 0.243 e. The molecule has 0 saturated heterocycles. The molecule has 2 aromatic carbocycles. The molecule has 1 aliphatic heterocycles. The molecule has 0 fully saturated rings. The summed E-state index contributed by atoms with van der Waals surface area (Å²) in [6.45, 7) is 3.58. The van der Waals surface area contributed by atoms with Crippen molar-refractivity contribution in [3.05, 3.63) is 59.7 Å². The number of carbonyl (C=O) groups excluding carboxylic acids is 1. The molecule has 2 aromatic rings. The number of primary amides is 1. The number of amides is 1. The third-order valence-electron chi connectivity index (χ3n) is 5.13. The predicted octanol–water partition coefficient (Wildman–Crippen LogP) is 2.13. The van der Waals surface area contributed by atoms with Crippen LogP contribution < -0.4 is 21.5 Å². The first-order chi connectivity index (χ1) is 13.1. The summed E-state index contributed by atoms with van der Waals surface area (Å²) in [5.41, 5.74) is 11.9. The first kappa shape index (κ1) is 19.9. The van der Waals surface area contributed by atoms with Crippen LogP contribution in [0.25, 0.3) is 5.70 Å². The topological polar surface area (TPSA) is 105 Å². The van der Waals surface area contributed by atoms with E-state index in [4.69, 9.17) is 5.73 Å². The molecule has 4 N–H and O–H groups in total. The van der Waals surface area contributed by atoms with Crippen molar-refractivity contribution >= 4 is 32.8 Å². The van der Waals surface area contributed by atoms with Crippen LogP contribution in [0, 0.1) is 0 Å². The highest BCUT2D eigenvalue weighted by Gasteiger charge is 2.44. The van der Waals surface area contributed by atoms with Gasteiger partial charge in [0.1, 0.15) is 5.54 Å². The van der Waals surface area contributed by atoms with Crippen molar-refractivity contribution in [2.45, 2.75) is 24.3 Å². The van der Waals surface area contributed by atoms with E-state index in [1.54, 1.807) is 31.2 Å². The lowest BCUT2D eigenvalue weighted by Crippen LogP contribution is -2.54. The molecule has 8 heteroatoms. The Morgan fingerprint density at radius 2 is 1.68 bits per heavy atom. The zero-order chi connectivity index (χ0) is 20.7. The van der Waals surface area contributed by atoms with Gasteiger partial charge in [-0.2, -0.15) is 0 Å². The number of hydrogen-bond acceptors (Lipinski definition) is 6. The molecule has 148 valence electrons. The van der Waals surface area contributed by atoms with Gasteiger partial charge in [-0.15, -0.1) is 0 Å². The molecule has 0 aromatic heterocycles. The summed E-state index contributed by atoms with van der Waals surface area (Å²) in [6.07, 6.45) is 1.17. The second kappa shape index (κ2) is 6.96. The number of hydrogen-bond donors (Lipinski definition) is 3. The lowest BCUT2D eigenvalue weighted by Gasteiger charge is -2.27. The van der Waals surface area contributed by atoms with Crippen molar-refractivity contribution in [2.75, 3.05) is 23.6 Å². The molecule has 1 unspecified atom stereocenters. The van der Waals surface area contributed by atoms with Crippen molar-refractivity contribution < 1.29 is 13.2 Å². The summed E-state index contributed by atoms with van der Waals surface area (Å²) >= 11 is 0. The number of sulfone groups is 1. The summed E-state index contributed by atoms with van der Waals surface area (Å²) in [5, 5.41) is 4.88. The molecule has 0 radical (unpaired) electrons. The normalized spacial score (nSPS) is 19.8. The maximum atomic E-state index is 12.2. The maximum Gasteiger partial charge on any atom is 0.243 e. The minimum atomic E-state index is -3.29. The summed E-state index contributed by atoms with van der Waals surface area (Å²) in [7, 11) is -1.45. The van der Waals surface area contributed by atoms with Gasteiger partial charge in [0.15, 0.2) is 9.84 Å². The molecular formula is C20H24N4O3S. The first-order valence-corrected chi connectivity index (χ1v) is 10.6. The van der Waals surface area contributed by atoms with E-state index in [-0.39, 0.29) is 4.90 Å². The van der Waals surface area contributed by atoms with E-state index >= 15 is 0 Å². The maximum absolute atomic E-state index is 12.2. The van der Waals surface area contributed by atoms with Crippen LogP contribution in [0.1, 0.15) is 19.4 Å². The van der Waals surface area contributed by atoms with Gasteiger partial charge in [-0.3, -0.25) is 9.80 Å². The average Bonchev–Trinajstić information content (AvgIpc) is 2.94. The first-order valence-electron chi connectivity index (χ1n) is 8.75. The fourth-order valence-electron chi connectivity index (χ4n) is 3.18. The Hall–Kier alpha value is -2.84. The molecule has 0 spiro atoms. The van der Waals surface area contributed by atoms with Gasteiger partial charge in [0, 0.05) is 19.0 Å². The summed E-state index contributed by atoms with van der Waals surface area (Å²) in [5.74, 6) is -0.496. The average molecular weight is 401 g/mol. The van der Waals surface area contributed by atoms with Gasteiger partial charge in [-0.1, -0.05) is 12.1 Å². The number of carbonyl (C=O) groups is 1. The minimum absolute atomic E-state index is 0.239. The third-order valence-corrected chi connectivity index (χ3v) is 6.26. The van der Waals surface area contributed by atoms with E-state index in [0.717, 1.165) is 28.2 Å². The molecule has 1 heterocycles. The van der Waals surface area contributed by atoms with E-state index in [2.05, 4.69) is 10.7 Å². The molecule has 1 aliphatic rings. The highest BCUT2D eigenvalue weighted by atomic mass is 32.2. The van der Waals surface area contributed by atoms with Gasteiger partial charge >= 0.3 is 0 Å². The Balaban J connectivity index is 2.13. The van der Waals surface area contributed by atoms with Crippen LogP contribution in [0.5, 0.6) is 0 Å². The van der Waals surface area contributed by atoms with Crippen LogP contribution >= 0.6 is 0 Å². The number of hydrazine groups is 1. The Bertz CT molecular complexity index is 1040. The Kier molecular flexibility index (Phi) is 4.95. The number of nitrogens with two attached hydrogens (primary N) is 1. The Labute approximate surface area is 165 Å². The standard InChI is InChI=1S/C20H24N4O3S/c1-13-18(14-5-11-17(12-6-14)28(4,26)27)24(23-20(13,2)19(21)25)16-9-7-15(22-3)8-10-16/h5-12,22-23H,1-4H3,(H2,21,25). The molecule has 0 aliphatic carbocycles. The number of nitrogens with one attached hydrogen (secondary N) is 2. The van der Waals surface area contributed by atoms with Gasteiger partial charge in [-0.05, 0) is 61.4 Å². The van der Waals surface area contributed by atoms with E-state index in [9.17, 15) is 13.2 Å². The monoisotopic (exact) mass is 400 g/mol. The SMILES string of the molecule is CNc1ccc(N2NC(C)(C(N)=O)C(C)=C2c2ccc(S(C)(=O)=O)cc2)cc1. The van der Waals surface area contributed by atoms with Crippen LogP contribution in [-0.4, -0.2) is 33.2 Å². The van der Waals surface area contributed by atoms with E-state index in [0.29, 0.717) is 0 Å². The van der Waals surface area contributed by atoms with Crippen molar-refractivity contribution in [3.63, 3.8) is 0 Å². The molecule has 0 bridgehead atoms. The van der Waals surface area contributed by atoms with E-state index < -0.39 is 21.3 Å². The number of anilines is 2. The van der Waals surface area contributed by atoms with Gasteiger partial charge < -0.3 is 11.1 Å². The summed E-state index contributed by atoms with van der Waals surface area (Å²) < 4.78 is 23.5. The highest BCUT2D eigenvalue weighted by Crippen LogP contribution is 2.38. The molecule has 1 amide bonds. The summed E-state index contributed by atoms with van der Waals surface area (Å²) in [6, 6.07) is 14.3. The van der Waals surface area contributed by atoms with Gasteiger partial charge in [0.2, 0.25) is 5.91 Å². The Morgan fingerprint density at radius 3 is 2.14 bits per heavy atom. The van der Waals surface area contributed by atoms with Gasteiger partial charge in [-0.25, -0.2) is 13.8 Å². The number of benzene rings is 2. The quantitative estimate of drug-likeness (QED) is 0.710. The van der Waals surface area contributed by atoms with Gasteiger partial charge in [0.05, 0.1) is 16.3 Å².